The molecule has 3 amide bonds. The lowest BCUT2D eigenvalue weighted by Gasteiger charge is -2.27. The summed E-state index contributed by atoms with van der Waals surface area (Å²) in [5.74, 6) is -3.21. The van der Waals surface area contributed by atoms with E-state index < -0.39 is 47.9 Å². The van der Waals surface area contributed by atoms with Gasteiger partial charge in [-0.05, 0) is 36.7 Å². The zero-order valence-electron chi connectivity index (χ0n) is 22.6. The molecule has 38 heavy (non-hydrogen) atoms. The van der Waals surface area contributed by atoms with E-state index in [0.29, 0.717) is 19.4 Å². The fraction of sp³-hybridized carbons (Fsp3) is 0.577. The zero-order chi connectivity index (χ0) is 28.8. The van der Waals surface area contributed by atoms with Crippen molar-refractivity contribution < 1.29 is 24.3 Å². The summed E-state index contributed by atoms with van der Waals surface area (Å²) in [5.41, 5.74) is 17.3. The van der Waals surface area contributed by atoms with Crippen LogP contribution >= 0.6 is 0 Å². The van der Waals surface area contributed by atoms with Gasteiger partial charge in [-0.3, -0.25) is 19.4 Å². The van der Waals surface area contributed by atoms with Crippen molar-refractivity contribution in [3.63, 3.8) is 0 Å². The summed E-state index contributed by atoms with van der Waals surface area (Å²) in [6, 6.07) is 5.02. The van der Waals surface area contributed by atoms with Crippen molar-refractivity contribution in [1.29, 1.82) is 0 Å². The van der Waals surface area contributed by atoms with Crippen LogP contribution in [-0.4, -0.2) is 65.5 Å². The van der Waals surface area contributed by atoms with Gasteiger partial charge >= 0.3 is 5.97 Å². The van der Waals surface area contributed by atoms with Crippen LogP contribution < -0.4 is 33.2 Å². The summed E-state index contributed by atoms with van der Waals surface area (Å²) in [6.07, 6.45) is 1.15. The van der Waals surface area contributed by atoms with E-state index in [2.05, 4.69) is 20.9 Å². The molecule has 0 aliphatic heterocycles. The second-order valence-electron chi connectivity index (χ2n) is 10.1. The van der Waals surface area contributed by atoms with Gasteiger partial charge in [0.05, 0.1) is 6.04 Å². The Kier molecular flexibility index (Phi) is 13.8. The highest BCUT2D eigenvalue weighted by Gasteiger charge is 2.32. The number of nitrogens with one attached hydrogen (secondary N) is 3. The molecule has 1 aromatic rings. The first-order valence-corrected chi connectivity index (χ1v) is 12.8. The molecule has 1 rings (SSSR count). The van der Waals surface area contributed by atoms with Gasteiger partial charge < -0.3 is 38.3 Å². The minimum atomic E-state index is -1.15. The van der Waals surface area contributed by atoms with E-state index in [4.69, 9.17) is 17.2 Å². The van der Waals surface area contributed by atoms with Crippen LogP contribution in [0.1, 0.15) is 52.5 Å². The second-order valence-corrected chi connectivity index (χ2v) is 10.1. The summed E-state index contributed by atoms with van der Waals surface area (Å²) < 4.78 is 0. The van der Waals surface area contributed by atoms with Gasteiger partial charge in [0.1, 0.15) is 18.1 Å². The Morgan fingerprint density at radius 1 is 0.895 bits per heavy atom. The SMILES string of the molecule is CC(C)CC(NC(=O)C(Cc1ccccc1)NC(=O)C(NC(=O)C(N)CCCN=C(N)N)C(C)C)C(=O)O. The van der Waals surface area contributed by atoms with Crippen molar-refractivity contribution in [3.8, 4) is 0 Å². The molecule has 0 spiro atoms. The van der Waals surface area contributed by atoms with Crippen molar-refractivity contribution in [1.82, 2.24) is 16.0 Å². The summed E-state index contributed by atoms with van der Waals surface area (Å²) >= 11 is 0. The van der Waals surface area contributed by atoms with Crippen LogP contribution in [0.2, 0.25) is 0 Å². The summed E-state index contributed by atoms with van der Waals surface area (Å²) in [5, 5.41) is 17.5. The first-order valence-electron chi connectivity index (χ1n) is 12.8. The Bertz CT molecular complexity index is 949. The van der Waals surface area contributed by atoms with E-state index in [1.165, 1.54) is 0 Å². The van der Waals surface area contributed by atoms with Gasteiger partial charge in [0.25, 0.3) is 0 Å². The number of nitrogens with zero attached hydrogens (tertiary/aromatic N) is 1. The number of aliphatic carboxylic acids is 1. The van der Waals surface area contributed by atoms with Crippen LogP contribution in [0.15, 0.2) is 35.3 Å². The Morgan fingerprint density at radius 2 is 1.50 bits per heavy atom. The predicted molar refractivity (Wildman–Crippen MR) is 146 cm³/mol. The van der Waals surface area contributed by atoms with Crippen molar-refractivity contribution >= 4 is 29.7 Å². The number of benzene rings is 1. The van der Waals surface area contributed by atoms with Gasteiger partial charge in [0.15, 0.2) is 5.96 Å². The van der Waals surface area contributed by atoms with Crippen LogP contribution in [0.25, 0.3) is 0 Å². The smallest absolute Gasteiger partial charge is 0.326 e. The number of nitrogens with two attached hydrogens (primary N) is 3. The second kappa shape index (κ2) is 16.2. The molecule has 4 unspecified atom stereocenters. The van der Waals surface area contributed by atoms with E-state index >= 15 is 0 Å². The third-order valence-corrected chi connectivity index (χ3v) is 5.79. The maximum Gasteiger partial charge on any atom is 0.326 e. The Morgan fingerprint density at radius 3 is 2.03 bits per heavy atom. The van der Waals surface area contributed by atoms with E-state index in [1.54, 1.807) is 38.1 Å². The van der Waals surface area contributed by atoms with Crippen LogP contribution in [0.3, 0.4) is 0 Å². The maximum absolute atomic E-state index is 13.3. The van der Waals surface area contributed by atoms with Crippen LogP contribution in [0, 0.1) is 11.8 Å². The molecule has 0 aliphatic rings. The zero-order valence-corrected chi connectivity index (χ0v) is 22.6. The molecule has 0 heterocycles. The molecule has 10 N–H and O–H groups in total. The average molecular weight is 534 g/mol. The average Bonchev–Trinajstić information content (AvgIpc) is 2.83. The van der Waals surface area contributed by atoms with E-state index in [9.17, 15) is 24.3 Å². The Hall–Kier alpha value is -3.67. The lowest BCUT2D eigenvalue weighted by molar-refractivity contribution is -0.142. The quantitative estimate of drug-likeness (QED) is 0.0859. The normalized spacial score (nSPS) is 14.2. The highest BCUT2D eigenvalue weighted by molar-refractivity contribution is 5.94. The third-order valence-electron chi connectivity index (χ3n) is 5.79. The maximum atomic E-state index is 13.3. The number of guanidine groups is 1. The molecule has 12 nitrogen and oxygen atoms in total. The minimum Gasteiger partial charge on any atom is -0.480 e. The summed E-state index contributed by atoms with van der Waals surface area (Å²) in [4.78, 5) is 54.7. The van der Waals surface area contributed by atoms with Gasteiger partial charge in [-0.2, -0.15) is 0 Å². The minimum absolute atomic E-state index is 0.0303. The van der Waals surface area contributed by atoms with Crippen molar-refractivity contribution in [3.05, 3.63) is 35.9 Å². The van der Waals surface area contributed by atoms with Crippen LogP contribution in [0.4, 0.5) is 0 Å². The van der Waals surface area contributed by atoms with Crippen molar-refractivity contribution in [2.45, 2.75) is 77.5 Å². The number of rotatable bonds is 16. The fourth-order valence-electron chi connectivity index (χ4n) is 3.73. The molecule has 0 bridgehead atoms. The van der Waals surface area contributed by atoms with E-state index in [1.807, 2.05) is 19.9 Å². The third kappa shape index (κ3) is 12.0. The van der Waals surface area contributed by atoms with Crippen LogP contribution in [-0.2, 0) is 25.6 Å². The fourth-order valence-corrected chi connectivity index (χ4v) is 3.73. The number of carboxylic acids is 1. The molecule has 0 saturated carbocycles. The number of carboxylic acid groups (broad SMARTS) is 1. The first kappa shape index (κ1) is 32.4. The molecule has 0 aromatic heterocycles. The van der Waals surface area contributed by atoms with Gasteiger partial charge in [0, 0.05) is 13.0 Å². The van der Waals surface area contributed by atoms with Gasteiger partial charge in [0.2, 0.25) is 17.7 Å². The molecule has 12 heteroatoms. The highest BCUT2D eigenvalue weighted by Crippen LogP contribution is 2.10. The molecule has 0 aliphatic carbocycles. The number of hydrogen-bond donors (Lipinski definition) is 7. The largest absolute Gasteiger partial charge is 0.480 e. The highest BCUT2D eigenvalue weighted by atomic mass is 16.4. The number of hydrogen-bond acceptors (Lipinski definition) is 6. The molecular weight excluding hydrogens is 490 g/mol. The van der Waals surface area contributed by atoms with Crippen LogP contribution in [0.5, 0.6) is 0 Å². The molecule has 0 saturated heterocycles. The predicted octanol–water partition coefficient (Wildman–Crippen LogP) is -0.149. The molecule has 1 aromatic carbocycles. The number of carbonyl (C=O) groups is 4. The molecule has 4 atom stereocenters. The van der Waals surface area contributed by atoms with Gasteiger partial charge in [-0.25, -0.2) is 4.79 Å². The number of aliphatic imine (C=N–C) groups is 1. The standard InChI is InChI=1S/C26H43N7O5/c1-15(2)13-20(25(37)38)32-23(35)19(14-17-9-6-5-7-10-17)31-24(36)21(16(3)4)33-22(34)18(27)11-8-12-30-26(28)29/h5-7,9-10,15-16,18-21H,8,11-14,27H2,1-4H3,(H,31,36)(H,32,35)(H,33,34)(H,37,38)(H4,28,29,30). The Labute approximate surface area is 224 Å². The van der Waals surface area contributed by atoms with Crippen molar-refractivity contribution in [2.24, 2.45) is 34.0 Å². The molecular formula is C26H43N7O5. The van der Waals surface area contributed by atoms with Gasteiger partial charge in [-0.1, -0.05) is 58.0 Å². The number of carbonyl (C=O) groups excluding carboxylic acids is 3. The molecule has 212 valence electrons. The van der Waals surface area contributed by atoms with Crippen molar-refractivity contribution in [2.75, 3.05) is 6.54 Å². The summed E-state index contributed by atoms with van der Waals surface area (Å²) in [6.45, 7) is 7.54. The monoisotopic (exact) mass is 533 g/mol. The lowest BCUT2D eigenvalue weighted by atomic mass is 9.99. The summed E-state index contributed by atoms with van der Waals surface area (Å²) in [7, 11) is 0. The van der Waals surface area contributed by atoms with E-state index in [-0.39, 0.29) is 30.6 Å². The Balaban J connectivity index is 3.00. The molecule has 0 fully saturated rings. The van der Waals surface area contributed by atoms with Gasteiger partial charge in [-0.15, -0.1) is 0 Å². The number of amides is 3. The lowest BCUT2D eigenvalue weighted by Crippen LogP contribution is -2.59. The topological polar surface area (TPSA) is 215 Å². The first-order chi connectivity index (χ1) is 17.8. The van der Waals surface area contributed by atoms with E-state index in [0.717, 1.165) is 5.56 Å². The molecule has 0 radical (unpaired) electrons.